The van der Waals surface area contributed by atoms with Crippen molar-refractivity contribution in [1.82, 2.24) is 4.90 Å². The monoisotopic (exact) mass is 275 g/mol. The molecule has 4 heteroatoms. The van der Waals surface area contributed by atoms with Gasteiger partial charge in [-0.3, -0.25) is 4.79 Å². The van der Waals surface area contributed by atoms with Crippen molar-refractivity contribution in [3.63, 3.8) is 0 Å². The molecule has 0 aliphatic rings. The smallest absolute Gasteiger partial charge is 0.253 e. The molecule has 1 amide bonds. The predicted molar refractivity (Wildman–Crippen MR) is 78.4 cm³/mol. The van der Waals surface area contributed by atoms with E-state index in [1.54, 1.807) is 26.1 Å². The number of nitrogens with zero attached hydrogens (tertiary/aromatic N) is 1. The molecule has 1 aromatic carbocycles. The van der Waals surface area contributed by atoms with E-state index in [1.807, 2.05) is 13.0 Å². The molecule has 0 heterocycles. The SMILES string of the molecule is Cc1cc(C#CCCO)cc(C(=O)N(C)C(C)CO)c1. The summed E-state index contributed by atoms with van der Waals surface area (Å²) in [6, 6.07) is 5.21. The van der Waals surface area contributed by atoms with Gasteiger partial charge in [0.25, 0.3) is 5.91 Å². The van der Waals surface area contributed by atoms with Crippen LogP contribution in [-0.2, 0) is 0 Å². The van der Waals surface area contributed by atoms with E-state index in [-0.39, 0.29) is 25.2 Å². The number of rotatable bonds is 4. The Morgan fingerprint density at radius 3 is 2.65 bits per heavy atom. The standard InChI is InChI=1S/C16H21NO3/c1-12-8-14(6-4-5-7-18)10-15(9-12)16(20)17(3)13(2)11-19/h8-10,13,18-19H,5,7,11H2,1-3H3. The molecular weight excluding hydrogens is 254 g/mol. The maximum absolute atomic E-state index is 12.3. The highest BCUT2D eigenvalue weighted by Gasteiger charge is 2.17. The molecule has 0 aliphatic carbocycles. The largest absolute Gasteiger partial charge is 0.395 e. The summed E-state index contributed by atoms with van der Waals surface area (Å²) in [6.07, 6.45) is 0.415. The van der Waals surface area contributed by atoms with Crippen molar-refractivity contribution in [2.75, 3.05) is 20.3 Å². The number of aliphatic hydroxyl groups is 2. The van der Waals surface area contributed by atoms with E-state index >= 15 is 0 Å². The molecule has 20 heavy (non-hydrogen) atoms. The van der Waals surface area contributed by atoms with Crippen LogP contribution in [0.3, 0.4) is 0 Å². The van der Waals surface area contributed by atoms with Gasteiger partial charge in [-0.05, 0) is 37.6 Å². The topological polar surface area (TPSA) is 60.8 Å². The zero-order chi connectivity index (χ0) is 15.1. The van der Waals surface area contributed by atoms with Crippen LogP contribution in [0.15, 0.2) is 18.2 Å². The minimum Gasteiger partial charge on any atom is -0.395 e. The Labute approximate surface area is 120 Å². The molecule has 0 spiro atoms. The zero-order valence-electron chi connectivity index (χ0n) is 12.2. The maximum atomic E-state index is 12.3. The fourth-order valence-electron chi connectivity index (χ4n) is 1.73. The number of amides is 1. The third-order valence-electron chi connectivity index (χ3n) is 3.04. The Balaban J connectivity index is 3.02. The number of likely N-dealkylation sites (N-methyl/N-ethyl adjacent to an activating group) is 1. The van der Waals surface area contributed by atoms with Crippen LogP contribution in [-0.4, -0.2) is 47.3 Å². The summed E-state index contributed by atoms with van der Waals surface area (Å²) >= 11 is 0. The van der Waals surface area contributed by atoms with Crippen LogP contribution in [0.25, 0.3) is 0 Å². The van der Waals surface area contributed by atoms with Gasteiger partial charge in [-0.15, -0.1) is 0 Å². The first-order valence-corrected chi connectivity index (χ1v) is 6.59. The average Bonchev–Trinajstić information content (AvgIpc) is 2.44. The molecule has 2 N–H and O–H groups in total. The number of carbonyl (C=O) groups is 1. The lowest BCUT2D eigenvalue weighted by Crippen LogP contribution is -2.37. The summed E-state index contributed by atoms with van der Waals surface area (Å²) in [6.45, 7) is 3.65. The van der Waals surface area contributed by atoms with E-state index in [4.69, 9.17) is 10.2 Å². The summed E-state index contributed by atoms with van der Waals surface area (Å²) in [5.41, 5.74) is 2.27. The average molecular weight is 275 g/mol. The molecule has 0 aromatic heterocycles. The molecule has 0 bridgehead atoms. The predicted octanol–water partition coefficient (Wildman–Crippen LogP) is 1.18. The number of carbonyl (C=O) groups excluding carboxylic acids is 1. The molecular formula is C16H21NO3. The van der Waals surface area contributed by atoms with Gasteiger partial charge in [0.15, 0.2) is 0 Å². The molecule has 1 rings (SSSR count). The Morgan fingerprint density at radius 2 is 2.05 bits per heavy atom. The normalized spacial score (nSPS) is 11.4. The number of aryl methyl sites for hydroxylation is 1. The molecule has 1 atom stereocenters. The third kappa shape index (κ3) is 4.37. The van der Waals surface area contributed by atoms with Crippen LogP contribution in [0.4, 0.5) is 0 Å². The van der Waals surface area contributed by atoms with Crippen molar-refractivity contribution in [1.29, 1.82) is 0 Å². The summed E-state index contributed by atoms with van der Waals surface area (Å²) in [4.78, 5) is 13.8. The Bertz CT molecular complexity index is 528. The number of aliphatic hydroxyl groups excluding tert-OH is 2. The summed E-state index contributed by atoms with van der Waals surface area (Å²) < 4.78 is 0. The quantitative estimate of drug-likeness (QED) is 0.811. The molecule has 108 valence electrons. The highest BCUT2D eigenvalue weighted by atomic mass is 16.3. The van der Waals surface area contributed by atoms with Crippen LogP contribution in [0.2, 0.25) is 0 Å². The summed E-state index contributed by atoms with van der Waals surface area (Å²) in [7, 11) is 1.67. The molecule has 0 aliphatic heterocycles. The first-order chi connectivity index (χ1) is 9.49. The zero-order valence-corrected chi connectivity index (χ0v) is 12.2. The van der Waals surface area contributed by atoms with Crippen molar-refractivity contribution < 1.29 is 15.0 Å². The van der Waals surface area contributed by atoms with E-state index in [0.717, 1.165) is 11.1 Å². The van der Waals surface area contributed by atoms with Crippen molar-refractivity contribution in [3.8, 4) is 11.8 Å². The molecule has 1 unspecified atom stereocenters. The first kappa shape index (κ1) is 16.2. The van der Waals surface area contributed by atoms with Gasteiger partial charge in [0.05, 0.1) is 19.3 Å². The lowest BCUT2D eigenvalue weighted by atomic mass is 10.1. The van der Waals surface area contributed by atoms with Gasteiger partial charge in [0, 0.05) is 24.6 Å². The Hall–Kier alpha value is -1.83. The lowest BCUT2D eigenvalue weighted by Gasteiger charge is -2.23. The van der Waals surface area contributed by atoms with Crippen molar-refractivity contribution >= 4 is 5.91 Å². The first-order valence-electron chi connectivity index (χ1n) is 6.59. The minimum absolute atomic E-state index is 0.0291. The fourth-order valence-corrected chi connectivity index (χ4v) is 1.73. The van der Waals surface area contributed by atoms with Crippen molar-refractivity contribution in [2.45, 2.75) is 26.3 Å². The molecule has 0 saturated carbocycles. The van der Waals surface area contributed by atoms with E-state index < -0.39 is 0 Å². The van der Waals surface area contributed by atoms with Crippen LogP contribution in [0, 0.1) is 18.8 Å². The van der Waals surface area contributed by atoms with Gasteiger partial charge in [0.1, 0.15) is 0 Å². The number of hydrogen-bond acceptors (Lipinski definition) is 3. The van der Waals surface area contributed by atoms with Crippen LogP contribution in [0.1, 0.15) is 34.8 Å². The van der Waals surface area contributed by atoms with Gasteiger partial charge in [-0.25, -0.2) is 0 Å². The van der Waals surface area contributed by atoms with Gasteiger partial charge in [0.2, 0.25) is 0 Å². The molecule has 0 fully saturated rings. The van der Waals surface area contributed by atoms with Crippen LogP contribution < -0.4 is 0 Å². The molecule has 4 nitrogen and oxygen atoms in total. The second kappa shape index (κ2) is 7.68. The van der Waals surface area contributed by atoms with E-state index in [9.17, 15) is 4.79 Å². The van der Waals surface area contributed by atoms with E-state index in [2.05, 4.69) is 11.8 Å². The van der Waals surface area contributed by atoms with Gasteiger partial charge >= 0.3 is 0 Å². The lowest BCUT2D eigenvalue weighted by molar-refractivity contribution is 0.0682. The second-order valence-corrected chi connectivity index (χ2v) is 4.81. The summed E-state index contributed by atoms with van der Waals surface area (Å²) in [5.74, 6) is 5.64. The van der Waals surface area contributed by atoms with Crippen LogP contribution in [0.5, 0.6) is 0 Å². The third-order valence-corrected chi connectivity index (χ3v) is 3.04. The molecule has 0 saturated heterocycles. The number of benzene rings is 1. The molecule has 1 aromatic rings. The van der Waals surface area contributed by atoms with E-state index in [0.29, 0.717) is 12.0 Å². The Kier molecular flexibility index (Phi) is 6.23. The van der Waals surface area contributed by atoms with Crippen LogP contribution >= 0.6 is 0 Å². The van der Waals surface area contributed by atoms with Crippen molar-refractivity contribution in [2.24, 2.45) is 0 Å². The van der Waals surface area contributed by atoms with Gasteiger partial charge in [-0.2, -0.15) is 0 Å². The number of hydrogen-bond donors (Lipinski definition) is 2. The van der Waals surface area contributed by atoms with Crippen molar-refractivity contribution in [3.05, 3.63) is 34.9 Å². The van der Waals surface area contributed by atoms with E-state index in [1.165, 1.54) is 4.90 Å². The summed E-state index contributed by atoms with van der Waals surface area (Å²) in [5, 5.41) is 17.8. The van der Waals surface area contributed by atoms with Gasteiger partial charge < -0.3 is 15.1 Å². The second-order valence-electron chi connectivity index (χ2n) is 4.81. The maximum Gasteiger partial charge on any atom is 0.253 e. The molecule has 0 radical (unpaired) electrons. The Morgan fingerprint density at radius 1 is 1.35 bits per heavy atom. The van der Waals surface area contributed by atoms with Gasteiger partial charge in [-0.1, -0.05) is 11.8 Å². The minimum atomic E-state index is -0.230. The highest BCUT2D eigenvalue weighted by Crippen LogP contribution is 2.12. The fraction of sp³-hybridized carbons (Fsp3) is 0.438. The highest BCUT2D eigenvalue weighted by molar-refractivity contribution is 5.94.